The number of ether oxygens (including phenoxy) is 1. The summed E-state index contributed by atoms with van der Waals surface area (Å²) in [6.45, 7) is 0.962. The second kappa shape index (κ2) is 6.23. The molecule has 2 heterocycles. The van der Waals surface area contributed by atoms with Crippen LogP contribution in [0.5, 0.6) is 0 Å². The summed E-state index contributed by atoms with van der Waals surface area (Å²) < 4.78 is 5.31. The van der Waals surface area contributed by atoms with Gasteiger partial charge in [-0.15, -0.1) is 0 Å². The predicted molar refractivity (Wildman–Crippen MR) is 93.4 cm³/mol. The molecule has 24 heavy (non-hydrogen) atoms. The highest BCUT2D eigenvalue weighted by molar-refractivity contribution is 5.78. The summed E-state index contributed by atoms with van der Waals surface area (Å²) in [5.74, 6) is 0.0446. The number of para-hydroxylation sites is 1. The summed E-state index contributed by atoms with van der Waals surface area (Å²) >= 11 is 0. The van der Waals surface area contributed by atoms with Gasteiger partial charge in [0.25, 0.3) is 5.56 Å². The van der Waals surface area contributed by atoms with Crippen LogP contribution in [0.3, 0.4) is 0 Å². The Labute approximate surface area is 139 Å². The van der Waals surface area contributed by atoms with Crippen LogP contribution in [0, 0.1) is 0 Å². The normalized spacial score (nSPS) is 20.5. The Morgan fingerprint density at radius 1 is 1.08 bits per heavy atom. The van der Waals surface area contributed by atoms with Gasteiger partial charge in [-0.3, -0.25) is 4.79 Å². The highest BCUT2D eigenvalue weighted by Crippen LogP contribution is 2.26. The molecule has 122 valence electrons. The number of benzene rings is 2. The molecule has 1 aliphatic rings. The average Bonchev–Trinajstić information content (AvgIpc) is 3.02. The largest absolute Gasteiger partial charge is 0.390 e. The van der Waals surface area contributed by atoms with Gasteiger partial charge in [0.05, 0.1) is 19.3 Å². The van der Waals surface area contributed by atoms with Gasteiger partial charge in [0.2, 0.25) is 0 Å². The first kappa shape index (κ1) is 15.1. The molecule has 0 radical (unpaired) electrons. The number of aliphatic hydroxyl groups is 1. The number of H-pyrrole nitrogens is 1. The molecule has 1 fully saturated rings. The maximum Gasteiger partial charge on any atom is 0.251 e. The van der Waals surface area contributed by atoms with E-state index in [2.05, 4.69) is 4.98 Å². The van der Waals surface area contributed by atoms with E-state index in [4.69, 9.17) is 4.74 Å². The topological polar surface area (TPSA) is 62.3 Å². The van der Waals surface area contributed by atoms with Crippen molar-refractivity contribution in [2.45, 2.75) is 18.4 Å². The van der Waals surface area contributed by atoms with Gasteiger partial charge in [-0.2, -0.15) is 0 Å². The summed E-state index contributed by atoms with van der Waals surface area (Å²) in [7, 11) is 0. The lowest BCUT2D eigenvalue weighted by molar-refractivity contribution is 0.124. The zero-order valence-corrected chi connectivity index (χ0v) is 13.2. The van der Waals surface area contributed by atoms with E-state index in [1.165, 1.54) is 0 Å². The molecule has 2 N–H and O–H groups in total. The van der Waals surface area contributed by atoms with Crippen LogP contribution in [-0.2, 0) is 11.2 Å². The molecular weight excluding hydrogens is 302 g/mol. The van der Waals surface area contributed by atoms with Crippen molar-refractivity contribution in [2.75, 3.05) is 13.2 Å². The van der Waals surface area contributed by atoms with Crippen molar-refractivity contribution < 1.29 is 9.84 Å². The summed E-state index contributed by atoms with van der Waals surface area (Å²) in [5.41, 5.74) is 3.73. The smallest absolute Gasteiger partial charge is 0.251 e. The molecule has 1 aliphatic heterocycles. The summed E-state index contributed by atoms with van der Waals surface area (Å²) in [6, 6.07) is 17.8. The van der Waals surface area contributed by atoms with Crippen molar-refractivity contribution in [1.82, 2.24) is 4.98 Å². The lowest BCUT2D eigenvalue weighted by atomic mass is 9.94. The highest BCUT2D eigenvalue weighted by Gasteiger charge is 2.27. The van der Waals surface area contributed by atoms with E-state index in [-0.39, 0.29) is 11.5 Å². The van der Waals surface area contributed by atoms with Crippen molar-refractivity contribution in [3.8, 4) is 0 Å². The molecule has 0 amide bonds. The van der Waals surface area contributed by atoms with Crippen LogP contribution < -0.4 is 5.56 Å². The van der Waals surface area contributed by atoms with Gasteiger partial charge in [-0.05, 0) is 28.6 Å². The van der Waals surface area contributed by atoms with E-state index in [1.54, 1.807) is 0 Å². The summed E-state index contributed by atoms with van der Waals surface area (Å²) in [4.78, 5) is 15.2. The molecule has 4 rings (SSSR count). The van der Waals surface area contributed by atoms with E-state index in [9.17, 15) is 9.90 Å². The first-order valence-electron chi connectivity index (χ1n) is 8.16. The standard InChI is InChI=1S/C20H19NO3/c22-19-12-24-11-17(19)14-7-5-13(6-8-14)9-16-10-15-3-1-2-4-18(15)21-20(16)23/h1-8,10,17,19,22H,9,11-12H2,(H,21,23)/t17-,19+/m0/s1. The van der Waals surface area contributed by atoms with Gasteiger partial charge in [0.1, 0.15) is 0 Å². The third kappa shape index (κ3) is 2.86. The number of pyridine rings is 1. The van der Waals surface area contributed by atoms with E-state index < -0.39 is 6.10 Å². The van der Waals surface area contributed by atoms with Gasteiger partial charge < -0.3 is 14.8 Å². The van der Waals surface area contributed by atoms with E-state index >= 15 is 0 Å². The second-order valence-electron chi connectivity index (χ2n) is 6.34. The molecule has 3 aromatic rings. The molecule has 2 aromatic carbocycles. The molecule has 0 bridgehead atoms. The van der Waals surface area contributed by atoms with Crippen molar-refractivity contribution >= 4 is 10.9 Å². The van der Waals surface area contributed by atoms with Crippen molar-refractivity contribution in [1.29, 1.82) is 0 Å². The van der Waals surface area contributed by atoms with Crippen molar-refractivity contribution in [3.05, 3.63) is 81.6 Å². The van der Waals surface area contributed by atoms with Gasteiger partial charge >= 0.3 is 0 Å². The number of hydrogen-bond acceptors (Lipinski definition) is 3. The minimum Gasteiger partial charge on any atom is -0.390 e. The van der Waals surface area contributed by atoms with Crippen LogP contribution >= 0.6 is 0 Å². The summed E-state index contributed by atoms with van der Waals surface area (Å²) in [5, 5.41) is 11.0. The van der Waals surface area contributed by atoms with E-state index in [1.807, 2.05) is 54.6 Å². The minimum absolute atomic E-state index is 0.0441. The zero-order valence-electron chi connectivity index (χ0n) is 13.2. The number of aromatic nitrogens is 1. The Kier molecular flexibility index (Phi) is 3.92. The maximum atomic E-state index is 12.3. The third-order valence-corrected chi connectivity index (χ3v) is 4.68. The number of rotatable bonds is 3. The fraction of sp³-hybridized carbons (Fsp3) is 0.250. The minimum atomic E-state index is -0.431. The first-order valence-corrected chi connectivity index (χ1v) is 8.16. The van der Waals surface area contributed by atoms with E-state index in [0.29, 0.717) is 19.6 Å². The Hall–Kier alpha value is -2.43. The van der Waals surface area contributed by atoms with Crippen LogP contribution in [0.2, 0.25) is 0 Å². The van der Waals surface area contributed by atoms with Gasteiger partial charge in [-0.25, -0.2) is 0 Å². The van der Waals surface area contributed by atoms with Gasteiger partial charge in [-0.1, -0.05) is 42.5 Å². The fourth-order valence-corrected chi connectivity index (χ4v) is 3.29. The molecule has 2 atom stereocenters. The first-order chi connectivity index (χ1) is 11.7. The third-order valence-electron chi connectivity index (χ3n) is 4.68. The van der Waals surface area contributed by atoms with E-state index in [0.717, 1.165) is 27.6 Å². The Balaban J connectivity index is 1.59. The van der Waals surface area contributed by atoms with Gasteiger partial charge in [0, 0.05) is 23.4 Å². The zero-order chi connectivity index (χ0) is 16.5. The van der Waals surface area contributed by atoms with Crippen molar-refractivity contribution in [3.63, 3.8) is 0 Å². The average molecular weight is 321 g/mol. The number of hydrogen-bond donors (Lipinski definition) is 2. The fourth-order valence-electron chi connectivity index (χ4n) is 3.29. The lowest BCUT2D eigenvalue weighted by Crippen LogP contribution is -2.15. The molecule has 4 heteroatoms. The molecule has 4 nitrogen and oxygen atoms in total. The Morgan fingerprint density at radius 2 is 1.88 bits per heavy atom. The molecular formula is C20H19NO3. The monoisotopic (exact) mass is 321 g/mol. The van der Waals surface area contributed by atoms with Crippen LogP contribution in [0.25, 0.3) is 10.9 Å². The quantitative estimate of drug-likeness (QED) is 0.779. The summed E-state index contributed by atoms with van der Waals surface area (Å²) in [6.07, 6.45) is 0.156. The SMILES string of the molecule is O=c1[nH]c2ccccc2cc1Cc1ccc([C@@H]2COC[C@H]2O)cc1. The number of aliphatic hydroxyl groups excluding tert-OH is 1. The molecule has 1 saturated heterocycles. The number of fused-ring (bicyclic) bond motifs is 1. The lowest BCUT2D eigenvalue weighted by Gasteiger charge is -2.13. The van der Waals surface area contributed by atoms with Crippen molar-refractivity contribution in [2.24, 2.45) is 0 Å². The van der Waals surface area contributed by atoms with Gasteiger partial charge in [0.15, 0.2) is 0 Å². The van der Waals surface area contributed by atoms with Crippen LogP contribution in [0.1, 0.15) is 22.6 Å². The number of aromatic amines is 1. The second-order valence-corrected chi connectivity index (χ2v) is 6.34. The Morgan fingerprint density at radius 3 is 2.62 bits per heavy atom. The molecule has 0 aliphatic carbocycles. The highest BCUT2D eigenvalue weighted by atomic mass is 16.5. The van der Waals surface area contributed by atoms with Crippen LogP contribution in [-0.4, -0.2) is 29.4 Å². The molecule has 0 saturated carbocycles. The molecule has 0 spiro atoms. The Bertz CT molecular complexity index is 914. The van der Waals surface area contributed by atoms with Crippen LogP contribution in [0.15, 0.2) is 59.4 Å². The predicted octanol–water partition coefficient (Wildman–Crippen LogP) is 2.59. The molecule has 1 aromatic heterocycles. The number of nitrogens with one attached hydrogen (secondary N) is 1. The molecule has 0 unspecified atom stereocenters. The maximum absolute atomic E-state index is 12.3. The van der Waals surface area contributed by atoms with Crippen LogP contribution in [0.4, 0.5) is 0 Å².